The predicted molar refractivity (Wildman–Crippen MR) is 115 cm³/mol. The maximum Gasteiger partial charge on any atom is 0.257 e. The summed E-state index contributed by atoms with van der Waals surface area (Å²) in [6.07, 6.45) is 0.122. The molecule has 0 spiro atoms. The smallest absolute Gasteiger partial charge is 0.257 e. The van der Waals surface area contributed by atoms with E-state index in [1.165, 1.54) is 24.1 Å². The highest BCUT2D eigenvalue weighted by Gasteiger charge is 2.44. The number of amides is 3. The van der Waals surface area contributed by atoms with Crippen molar-refractivity contribution < 1.29 is 23.5 Å². The van der Waals surface area contributed by atoms with Crippen molar-refractivity contribution in [3.05, 3.63) is 59.9 Å². The van der Waals surface area contributed by atoms with Crippen molar-refractivity contribution in [2.75, 3.05) is 12.0 Å². The van der Waals surface area contributed by atoms with Crippen molar-refractivity contribution in [3.63, 3.8) is 0 Å². The molecule has 1 atom stereocenters. The molecule has 1 heterocycles. The average molecular weight is 426 g/mol. The topological polar surface area (TPSA) is 66.9 Å². The highest BCUT2D eigenvalue weighted by molar-refractivity contribution is 6.23. The van der Waals surface area contributed by atoms with E-state index in [4.69, 9.17) is 4.74 Å². The molecule has 3 amide bonds. The standard InChI is InChI=1S/C24H27FN2O4/c1-24(2,3)14-22(29)26(15-16-5-7-17(25)8-6-16)20-13-21(28)27(23(20)30)18-9-11-19(31-4)12-10-18/h5-12,20H,13-15H2,1-4H3. The van der Waals surface area contributed by atoms with Crippen molar-refractivity contribution in [2.24, 2.45) is 5.41 Å². The second-order valence-corrected chi connectivity index (χ2v) is 8.87. The summed E-state index contributed by atoms with van der Waals surface area (Å²) in [5.74, 6) is -0.807. The summed E-state index contributed by atoms with van der Waals surface area (Å²) in [5, 5.41) is 0. The third kappa shape index (κ3) is 5.29. The lowest BCUT2D eigenvalue weighted by atomic mass is 9.91. The summed E-state index contributed by atoms with van der Waals surface area (Å²) in [7, 11) is 1.53. The third-order valence-electron chi connectivity index (χ3n) is 5.10. The minimum absolute atomic E-state index is 0.0953. The highest BCUT2D eigenvalue weighted by Crippen LogP contribution is 2.30. The Morgan fingerprint density at radius 1 is 1.10 bits per heavy atom. The van der Waals surface area contributed by atoms with Gasteiger partial charge in [-0.05, 0) is 47.4 Å². The van der Waals surface area contributed by atoms with E-state index < -0.39 is 11.9 Å². The SMILES string of the molecule is COc1ccc(N2C(=O)CC(N(Cc3ccc(F)cc3)C(=O)CC(C)(C)C)C2=O)cc1. The summed E-state index contributed by atoms with van der Waals surface area (Å²) in [4.78, 5) is 41.7. The molecule has 1 saturated heterocycles. The number of carbonyl (C=O) groups excluding carboxylic acids is 3. The predicted octanol–water partition coefficient (Wildman–Crippen LogP) is 3.93. The van der Waals surface area contributed by atoms with Gasteiger partial charge in [-0.3, -0.25) is 14.4 Å². The number of rotatable bonds is 6. The quantitative estimate of drug-likeness (QED) is 0.657. The second kappa shape index (κ2) is 8.88. The van der Waals surface area contributed by atoms with Crippen molar-refractivity contribution in [3.8, 4) is 5.75 Å². The number of hydrogen-bond acceptors (Lipinski definition) is 4. The zero-order valence-corrected chi connectivity index (χ0v) is 18.2. The van der Waals surface area contributed by atoms with Crippen LogP contribution in [0.15, 0.2) is 48.5 Å². The molecule has 164 valence electrons. The normalized spacial score (nSPS) is 16.5. The van der Waals surface area contributed by atoms with E-state index in [9.17, 15) is 18.8 Å². The third-order valence-corrected chi connectivity index (χ3v) is 5.10. The maximum absolute atomic E-state index is 13.3. The summed E-state index contributed by atoms with van der Waals surface area (Å²) in [6, 6.07) is 11.5. The molecule has 7 heteroatoms. The molecule has 1 aliphatic rings. The molecule has 0 aromatic heterocycles. The van der Waals surface area contributed by atoms with Crippen molar-refractivity contribution in [2.45, 2.75) is 46.2 Å². The fourth-order valence-corrected chi connectivity index (χ4v) is 3.58. The lowest BCUT2D eigenvalue weighted by Gasteiger charge is -2.30. The molecule has 0 aliphatic carbocycles. The number of halogens is 1. The molecule has 1 fully saturated rings. The zero-order valence-electron chi connectivity index (χ0n) is 18.2. The Morgan fingerprint density at radius 2 is 1.71 bits per heavy atom. The van der Waals surface area contributed by atoms with Gasteiger partial charge >= 0.3 is 0 Å². The molecule has 0 saturated carbocycles. The van der Waals surface area contributed by atoms with Crippen LogP contribution in [0.5, 0.6) is 5.75 Å². The number of anilines is 1. The maximum atomic E-state index is 13.3. The number of benzene rings is 2. The highest BCUT2D eigenvalue weighted by atomic mass is 19.1. The Hall–Kier alpha value is -3.22. The summed E-state index contributed by atoms with van der Waals surface area (Å²) in [5.41, 5.74) is 0.828. The first-order chi connectivity index (χ1) is 14.6. The Bertz CT molecular complexity index is 965. The van der Waals surface area contributed by atoms with Crippen LogP contribution in [0.3, 0.4) is 0 Å². The zero-order chi connectivity index (χ0) is 22.8. The van der Waals surface area contributed by atoms with E-state index >= 15 is 0 Å². The summed E-state index contributed by atoms with van der Waals surface area (Å²) < 4.78 is 18.4. The van der Waals surface area contributed by atoms with Gasteiger partial charge in [0.1, 0.15) is 17.6 Å². The van der Waals surface area contributed by atoms with Gasteiger partial charge in [-0.1, -0.05) is 32.9 Å². The van der Waals surface area contributed by atoms with Gasteiger partial charge in [0.25, 0.3) is 5.91 Å². The van der Waals surface area contributed by atoms with Gasteiger partial charge in [0.2, 0.25) is 11.8 Å². The molecule has 2 aromatic carbocycles. The minimum atomic E-state index is -0.908. The average Bonchev–Trinajstić information content (AvgIpc) is 3.00. The lowest BCUT2D eigenvalue weighted by Crippen LogP contribution is -2.46. The largest absolute Gasteiger partial charge is 0.497 e. The van der Waals surface area contributed by atoms with Gasteiger partial charge in [-0.15, -0.1) is 0 Å². The van der Waals surface area contributed by atoms with Crippen LogP contribution < -0.4 is 9.64 Å². The second-order valence-electron chi connectivity index (χ2n) is 8.87. The molecule has 0 N–H and O–H groups in total. The van der Waals surface area contributed by atoms with Gasteiger partial charge in [-0.2, -0.15) is 0 Å². The Labute approximate surface area is 181 Å². The molecule has 0 radical (unpaired) electrons. The molecular formula is C24H27FN2O4. The molecule has 3 rings (SSSR count). The Morgan fingerprint density at radius 3 is 2.26 bits per heavy atom. The van der Waals surface area contributed by atoms with E-state index in [1.54, 1.807) is 36.4 Å². The van der Waals surface area contributed by atoms with Crippen LogP contribution in [0.2, 0.25) is 0 Å². The van der Waals surface area contributed by atoms with Crippen molar-refractivity contribution in [1.82, 2.24) is 4.90 Å². The van der Waals surface area contributed by atoms with E-state index in [-0.39, 0.29) is 42.4 Å². The monoisotopic (exact) mass is 426 g/mol. The fourth-order valence-electron chi connectivity index (χ4n) is 3.58. The van der Waals surface area contributed by atoms with Crippen molar-refractivity contribution >= 4 is 23.4 Å². The van der Waals surface area contributed by atoms with Gasteiger partial charge in [0.05, 0.1) is 19.2 Å². The van der Waals surface area contributed by atoms with E-state index in [2.05, 4.69) is 0 Å². The van der Waals surface area contributed by atoms with E-state index in [1.807, 2.05) is 20.8 Å². The Kier molecular flexibility index (Phi) is 6.43. The molecule has 0 bridgehead atoms. The summed E-state index contributed by atoms with van der Waals surface area (Å²) >= 11 is 0. The molecule has 6 nitrogen and oxygen atoms in total. The molecule has 2 aromatic rings. The first kappa shape index (κ1) is 22.5. The first-order valence-corrected chi connectivity index (χ1v) is 10.1. The van der Waals surface area contributed by atoms with Crippen LogP contribution in [-0.2, 0) is 20.9 Å². The molecule has 1 aliphatic heterocycles. The van der Waals surface area contributed by atoms with Crippen LogP contribution in [0, 0.1) is 11.2 Å². The number of hydrogen-bond donors (Lipinski definition) is 0. The van der Waals surface area contributed by atoms with Crippen LogP contribution in [0.4, 0.5) is 10.1 Å². The first-order valence-electron chi connectivity index (χ1n) is 10.1. The molecule has 1 unspecified atom stereocenters. The van der Waals surface area contributed by atoms with Gasteiger partial charge in [0, 0.05) is 13.0 Å². The van der Waals surface area contributed by atoms with E-state index in [0.29, 0.717) is 17.0 Å². The number of ether oxygens (including phenoxy) is 1. The minimum Gasteiger partial charge on any atom is -0.497 e. The fraction of sp³-hybridized carbons (Fsp3) is 0.375. The van der Waals surface area contributed by atoms with Crippen LogP contribution in [0.1, 0.15) is 39.2 Å². The van der Waals surface area contributed by atoms with Crippen molar-refractivity contribution in [1.29, 1.82) is 0 Å². The summed E-state index contributed by atoms with van der Waals surface area (Å²) in [6.45, 7) is 5.93. The van der Waals surface area contributed by atoms with E-state index in [0.717, 1.165) is 4.90 Å². The number of nitrogens with zero attached hydrogens (tertiary/aromatic N) is 2. The molecule has 31 heavy (non-hydrogen) atoms. The van der Waals surface area contributed by atoms with Gasteiger partial charge in [0.15, 0.2) is 0 Å². The van der Waals surface area contributed by atoms with Gasteiger partial charge < -0.3 is 9.64 Å². The molecular weight excluding hydrogens is 399 g/mol. The Balaban J connectivity index is 1.90. The lowest BCUT2D eigenvalue weighted by molar-refractivity contribution is -0.140. The number of methoxy groups -OCH3 is 1. The van der Waals surface area contributed by atoms with Crippen LogP contribution in [0.25, 0.3) is 0 Å². The number of imide groups is 1. The number of carbonyl (C=O) groups is 3. The van der Waals surface area contributed by atoms with Crippen LogP contribution >= 0.6 is 0 Å². The van der Waals surface area contributed by atoms with Gasteiger partial charge in [-0.25, -0.2) is 9.29 Å². The van der Waals surface area contributed by atoms with Crippen LogP contribution in [-0.4, -0.2) is 35.8 Å².